The topological polar surface area (TPSA) is 24.1 Å². The third-order valence-corrected chi connectivity index (χ3v) is 3.08. The number of nitrogens with one attached hydrogen (secondary N) is 2. The Morgan fingerprint density at radius 2 is 2.00 bits per heavy atom. The zero-order chi connectivity index (χ0) is 11.2. The Labute approximate surface area is 96.2 Å². The van der Waals surface area contributed by atoms with Crippen LogP contribution >= 0.6 is 0 Å². The average molecular weight is 222 g/mol. The number of hydrogen-bond acceptors (Lipinski definition) is 2. The Hall–Kier alpha value is -1.09. The van der Waals surface area contributed by atoms with Gasteiger partial charge < -0.3 is 10.6 Å². The quantitative estimate of drug-likeness (QED) is 0.723. The molecule has 88 valence electrons. The van der Waals surface area contributed by atoms with E-state index in [1.807, 2.05) is 6.07 Å². The summed E-state index contributed by atoms with van der Waals surface area (Å²) < 4.78 is 13.2. The largest absolute Gasteiger partial charge is 0.383 e. The van der Waals surface area contributed by atoms with E-state index < -0.39 is 0 Å². The first kappa shape index (κ1) is 11.4. The van der Waals surface area contributed by atoms with Crippen molar-refractivity contribution in [3.05, 3.63) is 30.1 Å². The van der Waals surface area contributed by atoms with Crippen molar-refractivity contribution >= 4 is 5.69 Å². The Balaban J connectivity index is 1.58. The van der Waals surface area contributed by atoms with Gasteiger partial charge in [-0.25, -0.2) is 4.39 Å². The lowest BCUT2D eigenvalue weighted by molar-refractivity contribution is 0.340. The third-order valence-electron chi connectivity index (χ3n) is 3.08. The minimum Gasteiger partial charge on any atom is -0.383 e. The molecule has 3 heteroatoms. The second-order valence-electron chi connectivity index (χ2n) is 4.34. The maximum absolute atomic E-state index is 13.2. The first-order valence-electron chi connectivity index (χ1n) is 6.08. The van der Waals surface area contributed by atoms with Crippen molar-refractivity contribution in [3.8, 4) is 0 Å². The molecule has 2 N–H and O–H groups in total. The zero-order valence-electron chi connectivity index (χ0n) is 9.51. The SMILES string of the molecule is Fc1ccccc1NCCCNC1CCC1. The van der Waals surface area contributed by atoms with Crippen LogP contribution in [0.2, 0.25) is 0 Å². The Morgan fingerprint density at radius 3 is 2.69 bits per heavy atom. The smallest absolute Gasteiger partial charge is 0.146 e. The number of para-hydroxylation sites is 1. The van der Waals surface area contributed by atoms with Gasteiger partial charge in [-0.05, 0) is 37.9 Å². The van der Waals surface area contributed by atoms with Gasteiger partial charge in [0.15, 0.2) is 0 Å². The van der Waals surface area contributed by atoms with Gasteiger partial charge in [-0.3, -0.25) is 0 Å². The molecule has 0 unspecified atom stereocenters. The van der Waals surface area contributed by atoms with Gasteiger partial charge in [0.1, 0.15) is 5.82 Å². The standard InChI is InChI=1S/C13H19FN2/c14-12-7-1-2-8-13(12)16-10-4-9-15-11-5-3-6-11/h1-2,7-8,11,15-16H,3-6,9-10H2. The number of rotatable bonds is 6. The summed E-state index contributed by atoms with van der Waals surface area (Å²) in [4.78, 5) is 0. The monoisotopic (exact) mass is 222 g/mol. The molecule has 16 heavy (non-hydrogen) atoms. The average Bonchev–Trinajstić information content (AvgIpc) is 2.23. The second-order valence-corrected chi connectivity index (χ2v) is 4.34. The van der Waals surface area contributed by atoms with Crippen molar-refractivity contribution in [1.29, 1.82) is 0 Å². The molecule has 2 nitrogen and oxygen atoms in total. The van der Waals surface area contributed by atoms with Crippen LogP contribution in [-0.2, 0) is 0 Å². The molecular weight excluding hydrogens is 203 g/mol. The van der Waals surface area contributed by atoms with Crippen LogP contribution in [0.3, 0.4) is 0 Å². The van der Waals surface area contributed by atoms with Crippen molar-refractivity contribution in [3.63, 3.8) is 0 Å². The maximum Gasteiger partial charge on any atom is 0.146 e. The zero-order valence-corrected chi connectivity index (χ0v) is 9.51. The molecule has 1 aliphatic carbocycles. The summed E-state index contributed by atoms with van der Waals surface area (Å²) in [6, 6.07) is 7.55. The van der Waals surface area contributed by atoms with E-state index in [0.29, 0.717) is 5.69 Å². The van der Waals surface area contributed by atoms with Crippen LogP contribution in [0.15, 0.2) is 24.3 Å². The Bertz CT molecular complexity index is 323. The van der Waals surface area contributed by atoms with Crippen LogP contribution in [0.4, 0.5) is 10.1 Å². The lowest BCUT2D eigenvalue weighted by Gasteiger charge is -2.26. The highest BCUT2D eigenvalue weighted by molar-refractivity contribution is 5.44. The summed E-state index contributed by atoms with van der Waals surface area (Å²) in [7, 11) is 0. The van der Waals surface area contributed by atoms with E-state index in [9.17, 15) is 4.39 Å². The molecule has 0 saturated heterocycles. The summed E-state index contributed by atoms with van der Waals surface area (Å²) in [6.45, 7) is 1.84. The van der Waals surface area contributed by atoms with Crippen LogP contribution in [0.5, 0.6) is 0 Å². The minimum absolute atomic E-state index is 0.172. The lowest BCUT2D eigenvalue weighted by atomic mass is 9.93. The van der Waals surface area contributed by atoms with Crippen molar-refractivity contribution in [2.45, 2.75) is 31.7 Å². The molecule has 0 amide bonds. The van der Waals surface area contributed by atoms with Gasteiger partial charge in [-0.2, -0.15) is 0 Å². The molecule has 1 aromatic rings. The van der Waals surface area contributed by atoms with Crippen molar-refractivity contribution in [1.82, 2.24) is 5.32 Å². The van der Waals surface area contributed by atoms with E-state index in [4.69, 9.17) is 0 Å². The molecule has 0 atom stereocenters. The van der Waals surface area contributed by atoms with Crippen LogP contribution in [0, 0.1) is 5.82 Å². The van der Waals surface area contributed by atoms with Crippen LogP contribution in [-0.4, -0.2) is 19.1 Å². The van der Waals surface area contributed by atoms with E-state index in [-0.39, 0.29) is 5.82 Å². The van der Waals surface area contributed by atoms with Gasteiger partial charge in [0, 0.05) is 12.6 Å². The van der Waals surface area contributed by atoms with Gasteiger partial charge in [0.05, 0.1) is 5.69 Å². The summed E-state index contributed by atoms with van der Waals surface area (Å²) in [5.41, 5.74) is 0.603. The van der Waals surface area contributed by atoms with E-state index in [0.717, 1.165) is 25.6 Å². The highest BCUT2D eigenvalue weighted by Crippen LogP contribution is 2.17. The van der Waals surface area contributed by atoms with Crippen LogP contribution in [0.25, 0.3) is 0 Å². The lowest BCUT2D eigenvalue weighted by Crippen LogP contribution is -2.36. The molecule has 1 aliphatic rings. The Morgan fingerprint density at radius 1 is 1.19 bits per heavy atom. The summed E-state index contributed by atoms with van der Waals surface area (Å²) in [5, 5.41) is 6.59. The fourth-order valence-electron chi connectivity index (χ4n) is 1.83. The molecule has 0 aliphatic heterocycles. The van der Waals surface area contributed by atoms with E-state index in [2.05, 4.69) is 10.6 Å². The molecule has 2 rings (SSSR count). The first-order chi connectivity index (χ1) is 7.86. The highest BCUT2D eigenvalue weighted by atomic mass is 19.1. The van der Waals surface area contributed by atoms with Gasteiger partial charge in [0.2, 0.25) is 0 Å². The highest BCUT2D eigenvalue weighted by Gasteiger charge is 2.15. The summed E-state index contributed by atoms with van der Waals surface area (Å²) in [5.74, 6) is -0.172. The fraction of sp³-hybridized carbons (Fsp3) is 0.538. The molecule has 0 bridgehead atoms. The van der Waals surface area contributed by atoms with Gasteiger partial charge in [-0.15, -0.1) is 0 Å². The number of benzene rings is 1. The van der Waals surface area contributed by atoms with Crippen LogP contribution < -0.4 is 10.6 Å². The summed E-state index contributed by atoms with van der Waals surface area (Å²) in [6.07, 6.45) is 5.04. The molecule has 0 spiro atoms. The van der Waals surface area contributed by atoms with E-state index in [1.54, 1.807) is 12.1 Å². The number of halogens is 1. The fourth-order valence-corrected chi connectivity index (χ4v) is 1.83. The molecule has 1 fully saturated rings. The number of anilines is 1. The molecule has 0 heterocycles. The van der Waals surface area contributed by atoms with Gasteiger partial charge in [-0.1, -0.05) is 18.6 Å². The van der Waals surface area contributed by atoms with E-state index in [1.165, 1.54) is 25.3 Å². The van der Waals surface area contributed by atoms with E-state index >= 15 is 0 Å². The predicted octanol–water partition coefficient (Wildman–Crippen LogP) is 2.77. The van der Waals surface area contributed by atoms with Crippen LogP contribution in [0.1, 0.15) is 25.7 Å². The molecule has 1 aromatic carbocycles. The maximum atomic E-state index is 13.2. The molecule has 0 aromatic heterocycles. The summed E-state index contributed by atoms with van der Waals surface area (Å²) >= 11 is 0. The molecule has 0 radical (unpaired) electrons. The normalized spacial score (nSPS) is 15.8. The first-order valence-corrected chi connectivity index (χ1v) is 6.08. The number of hydrogen-bond donors (Lipinski definition) is 2. The molecule has 1 saturated carbocycles. The third kappa shape index (κ3) is 3.20. The molecular formula is C13H19FN2. The van der Waals surface area contributed by atoms with Crippen molar-refractivity contribution in [2.75, 3.05) is 18.4 Å². The Kier molecular flexibility index (Phi) is 4.17. The van der Waals surface area contributed by atoms with Crippen molar-refractivity contribution in [2.24, 2.45) is 0 Å². The minimum atomic E-state index is -0.172. The predicted molar refractivity (Wildman–Crippen MR) is 65.1 cm³/mol. The second kappa shape index (κ2) is 5.85. The van der Waals surface area contributed by atoms with Crippen molar-refractivity contribution < 1.29 is 4.39 Å². The van der Waals surface area contributed by atoms with Gasteiger partial charge in [0.25, 0.3) is 0 Å². The van der Waals surface area contributed by atoms with Gasteiger partial charge >= 0.3 is 0 Å².